The van der Waals surface area contributed by atoms with E-state index in [9.17, 15) is 4.79 Å². The highest BCUT2D eigenvalue weighted by molar-refractivity contribution is 6.35. The molecule has 1 aliphatic heterocycles. The first-order valence-electron chi connectivity index (χ1n) is 9.50. The van der Waals surface area contributed by atoms with Crippen molar-refractivity contribution >= 4 is 28.4 Å². The maximum Gasteiger partial charge on any atom is 0.223 e. The van der Waals surface area contributed by atoms with Gasteiger partial charge in [-0.05, 0) is 62.5 Å². The topological polar surface area (TPSA) is 45.2 Å². The van der Waals surface area contributed by atoms with Crippen LogP contribution >= 0.6 is 11.6 Å². The van der Waals surface area contributed by atoms with Gasteiger partial charge in [-0.2, -0.15) is 0 Å². The number of hydrogen-bond donors (Lipinski definition) is 1. The van der Waals surface area contributed by atoms with E-state index in [-0.39, 0.29) is 17.9 Å². The van der Waals surface area contributed by atoms with E-state index in [1.807, 2.05) is 24.4 Å². The number of halogens is 1. The number of hydrogen-bond acceptors (Lipinski definition) is 3. The average Bonchev–Trinajstić information content (AvgIpc) is 2.64. The molecule has 0 saturated carbocycles. The molecule has 1 unspecified atom stereocenters. The number of pyridine rings is 1. The van der Waals surface area contributed by atoms with Crippen LogP contribution in [0.5, 0.6) is 0 Å². The number of piperidine rings is 1. The largest absolute Gasteiger partial charge is 0.353 e. The lowest BCUT2D eigenvalue weighted by Gasteiger charge is -2.32. The second kappa shape index (κ2) is 8.36. The molecule has 140 valence electrons. The zero-order chi connectivity index (χ0) is 18.7. The van der Waals surface area contributed by atoms with E-state index < -0.39 is 0 Å². The Hall–Kier alpha value is -1.65. The van der Waals surface area contributed by atoms with Crippen molar-refractivity contribution in [3.8, 4) is 0 Å². The summed E-state index contributed by atoms with van der Waals surface area (Å²) in [6, 6.07) is 8.18. The van der Waals surface area contributed by atoms with Crippen molar-refractivity contribution in [3.05, 3.63) is 41.0 Å². The fourth-order valence-electron chi connectivity index (χ4n) is 3.43. The minimum absolute atomic E-state index is 0.132. The van der Waals surface area contributed by atoms with E-state index in [4.69, 9.17) is 11.6 Å². The van der Waals surface area contributed by atoms with Crippen LogP contribution in [0.4, 0.5) is 0 Å². The molecule has 3 rings (SSSR count). The van der Waals surface area contributed by atoms with E-state index in [1.165, 1.54) is 5.56 Å². The molecule has 1 aromatic heterocycles. The second-order valence-electron chi connectivity index (χ2n) is 7.70. The summed E-state index contributed by atoms with van der Waals surface area (Å²) in [6.07, 6.45) is 3.64. The van der Waals surface area contributed by atoms with Gasteiger partial charge < -0.3 is 5.32 Å². The number of benzene rings is 1. The lowest BCUT2D eigenvalue weighted by Crippen LogP contribution is -2.44. The summed E-state index contributed by atoms with van der Waals surface area (Å²) in [5.74, 6) is 0.807. The zero-order valence-electron chi connectivity index (χ0n) is 15.8. The van der Waals surface area contributed by atoms with Crippen molar-refractivity contribution < 1.29 is 4.79 Å². The molecule has 5 heteroatoms. The van der Waals surface area contributed by atoms with Gasteiger partial charge >= 0.3 is 0 Å². The molecule has 1 atom stereocenters. The summed E-state index contributed by atoms with van der Waals surface area (Å²) in [5.41, 5.74) is 2.17. The van der Waals surface area contributed by atoms with Crippen molar-refractivity contribution in [3.63, 3.8) is 0 Å². The number of amides is 1. The van der Waals surface area contributed by atoms with Gasteiger partial charge in [-0.3, -0.25) is 14.7 Å². The van der Waals surface area contributed by atoms with Gasteiger partial charge in [-0.1, -0.05) is 31.5 Å². The van der Waals surface area contributed by atoms with Crippen LogP contribution in [0.25, 0.3) is 10.9 Å². The third kappa shape index (κ3) is 4.36. The summed E-state index contributed by atoms with van der Waals surface area (Å²) in [7, 11) is 0. The number of rotatable bonds is 5. The number of likely N-dealkylation sites (tertiary alicyclic amines) is 1. The highest BCUT2D eigenvalue weighted by atomic mass is 35.5. The summed E-state index contributed by atoms with van der Waals surface area (Å²) in [4.78, 5) is 19.4. The number of fused-ring (bicyclic) bond motifs is 1. The van der Waals surface area contributed by atoms with Gasteiger partial charge in [-0.25, -0.2) is 0 Å². The van der Waals surface area contributed by atoms with Crippen LogP contribution < -0.4 is 5.32 Å². The molecule has 4 nitrogen and oxygen atoms in total. The summed E-state index contributed by atoms with van der Waals surface area (Å²) in [5, 5.41) is 4.91. The molecule has 2 aromatic rings. The van der Waals surface area contributed by atoms with Gasteiger partial charge in [0.15, 0.2) is 0 Å². The quantitative estimate of drug-likeness (QED) is 0.851. The molecule has 0 spiro atoms. The molecule has 0 radical (unpaired) electrons. The first-order chi connectivity index (χ1) is 12.5. The summed E-state index contributed by atoms with van der Waals surface area (Å²) < 4.78 is 0. The Kier molecular flexibility index (Phi) is 6.15. The normalized spacial score (nSPS) is 17.6. The molecule has 1 N–H and O–H groups in total. The molecule has 1 aliphatic rings. The van der Waals surface area contributed by atoms with E-state index in [0.717, 1.165) is 48.4 Å². The Morgan fingerprint density at radius 2 is 2.00 bits per heavy atom. The minimum Gasteiger partial charge on any atom is -0.353 e. The SMILES string of the molecule is CC(C)C(C)NC(=O)C1CCN(Cc2ccc(Cl)c3cccnc23)CC1. The molecule has 0 aliphatic carbocycles. The molecule has 1 saturated heterocycles. The Morgan fingerprint density at radius 1 is 1.27 bits per heavy atom. The molecule has 26 heavy (non-hydrogen) atoms. The van der Waals surface area contributed by atoms with Crippen molar-refractivity contribution in [2.24, 2.45) is 11.8 Å². The van der Waals surface area contributed by atoms with E-state index in [1.54, 1.807) is 0 Å². The van der Waals surface area contributed by atoms with Gasteiger partial charge in [0.1, 0.15) is 0 Å². The van der Waals surface area contributed by atoms with E-state index in [2.05, 4.69) is 42.0 Å². The van der Waals surface area contributed by atoms with Crippen molar-refractivity contribution in [2.45, 2.75) is 46.2 Å². The molecule has 1 amide bonds. The molecule has 1 aromatic carbocycles. The van der Waals surface area contributed by atoms with Gasteiger partial charge in [0.2, 0.25) is 5.91 Å². The lowest BCUT2D eigenvalue weighted by molar-refractivity contribution is -0.127. The first-order valence-corrected chi connectivity index (χ1v) is 9.88. The smallest absolute Gasteiger partial charge is 0.223 e. The molecule has 2 heterocycles. The van der Waals surface area contributed by atoms with Crippen molar-refractivity contribution in [1.29, 1.82) is 0 Å². The van der Waals surface area contributed by atoms with Gasteiger partial charge in [-0.15, -0.1) is 0 Å². The predicted molar refractivity (Wildman–Crippen MR) is 107 cm³/mol. The first kappa shape index (κ1) is 19.1. The molecular formula is C21H28ClN3O. The monoisotopic (exact) mass is 373 g/mol. The van der Waals surface area contributed by atoms with Crippen LogP contribution in [0.1, 0.15) is 39.2 Å². The van der Waals surface area contributed by atoms with Crippen molar-refractivity contribution in [2.75, 3.05) is 13.1 Å². The van der Waals surface area contributed by atoms with Gasteiger partial charge in [0.05, 0.1) is 5.52 Å². The number of carbonyl (C=O) groups is 1. The lowest BCUT2D eigenvalue weighted by atomic mass is 9.94. The van der Waals surface area contributed by atoms with Crippen LogP contribution in [0.2, 0.25) is 5.02 Å². The van der Waals surface area contributed by atoms with Crippen LogP contribution in [-0.2, 0) is 11.3 Å². The van der Waals surface area contributed by atoms with Crippen molar-refractivity contribution in [1.82, 2.24) is 15.2 Å². The Balaban J connectivity index is 1.60. The third-order valence-electron chi connectivity index (χ3n) is 5.52. The maximum absolute atomic E-state index is 12.4. The summed E-state index contributed by atoms with van der Waals surface area (Å²) in [6.45, 7) is 9.07. The van der Waals surface area contributed by atoms with Crippen LogP contribution in [0.3, 0.4) is 0 Å². The number of aromatic nitrogens is 1. The third-order valence-corrected chi connectivity index (χ3v) is 5.85. The Morgan fingerprint density at radius 3 is 2.69 bits per heavy atom. The molecule has 0 bridgehead atoms. The van der Waals surface area contributed by atoms with Crippen LogP contribution in [0.15, 0.2) is 30.5 Å². The van der Waals surface area contributed by atoms with E-state index >= 15 is 0 Å². The fourth-order valence-corrected chi connectivity index (χ4v) is 3.64. The second-order valence-corrected chi connectivity index (χ2v) is 8.10. The Labute approximate surface area is 160 Å². The number of nitrogens with one attached hydrogen (secondary N) is 1. The number of carbonyl (C=O) groups excluding carboxylic acids is 1. The zero-order valence-corrected chi connectivity index (χ0v) is 16.6. The average molecular weight is 374 g/mol. The highest BCUT2D eigenvalue weighted by Gasteiger charge is 2.26. The van der Waals surface area contributed by atoms with Gasteiger partial charge in [0, 0.05) is 35.1 Å². The summed E-state index contributed by atoms with van der Waals surface area (Å²) >= 11 is 6.29. The fraction of sp³-hybridized carbons (Fsp3) is 0.524. The standard InChI is InChI=1S/C21H28ClN3O/c1-14(2)15(3)24-21(26)16-8-11-25(12-9-16)13-17-6-7-19(22)18-5-4-10-23-20(17)18/h4-7,10,14-16H,8-9,11-13H2,1-3H3,(H,24,26). The molecule has 1 fully saturated rings. The van der Waals surface area contributed by atoms with E-state index in [0.29, 0.717) is 5.92 Å². The van der Waals surface area contributed by atoms with Gasteiger partial charge in [0.25, 0.3) is 0 Å². The molecular weight excluding hydrogens is 346 g/mol. The van der Waals surface area contributed by atoms with Crippen LogP contribution in [-0.4, -0.2) is 34.9 Å². The predicted octanol–water partition coefficient (Wildman–Crippen LogP) is 4.26. The minimum atomic E-state index is 0.132. The Bertz CT molecular complexity index is 769. The number of nitrogens with zero attached hydrogens (tertiary/aromatic N) is 2. The maximum atomic E-state index is 12.4. The highest BCUT2D eigenvalue weighted by Crippen LogP contribution is 2.27. The van der Waals surface area contributed by atoms with Crippen LogP contribution in [0, 0.1) is 11.8 Å².